The zero-order valence-electron chi connectivity index (χ0n) is 19.1. The van der Waals surface area contributed by atoms with Crippen molar-refractivity contribution in [3.8, 4) is 0 Å². The molecule has 0 fully saturated rings. The minimum absolute atomic E-state index is 0.428. The third-order valence-electron chi connectivity index (χ3n) is 3.54. The van der Waals surface area contributed by atoms with E-state index in [0.29, 0.717) is 10.6 Å². The molecule has 0 radical (unpaired) electrons. The van der Waals surface area contributed by atoms with Gasteiger partial charge in [0.25, 0.3) is 0 Å². The average molecular weight is 489 g/mol. The Labute approximate surface area is 197 Å². The van der Waals surface area contributed by atoms with Gasteiger partial charge in [0.15, 0.2) is 0 Å². The summed E-state index contributed by atoms with van der Waals surface area (Å²) in [5.41, 5.74) is 1.61. The number of thioether (sulfide) groups is 1. The number of aryl methyl sites for hydroxylation is 2. The van der Waals surface area contributed by atoms with Crippen LogP contribution in [0.1, 0.15) is 34.0 Å². The number of pyridine rings is 1. The van der Waals surface area contributed by atoms with Crippen molar-refractivity contribution in [1.29, 1.82) is 0 Å². The Morgan fingerprint density at radius 3 is 2.09 bits per heavy atom. The van der Waals surface area contributed by atoms with Crippen molar-refractivity contribution in [3.05, 3.63) is 71.9 Å². The summed E-state index contributed by atoms with van der Waals surface area (Å²) >= 11 is 1.42. The largest absolute Gasteiger partial charge is 0.478 e. The van der Waals surface area contributed by atoms with Gasteiger partial charge in [0.05, 0.1) is 16.2 Å². The van der Waals surface area contributed by atoms with Crippen LogP contribution in [0.5, 0.6) is 0 Å². The number of carbonyl (C=O) groups is 3. The lowest BCUT2D eigenvalue weighted by Gasteiger charge is -2.06. The van der Waals surface area contributed by atoms with E-state index in [1.807, 2.05) is 46.6 Å². The third-order valence-corrected chi connectivity index (χ3v) is 4.49. The first-order valence-corrected chi connectivity index (χ1v) is 10.4. The Morgan fingerprint density at radius 1 is 1.12 bits per heavy atom. The lowest BCUT2D eigenvalue weighted by Crippen LogP contribution is -2.10. The van der Waals surface area contributed by atoms with Gasteiger partial charge in [-0.2, -0.15) is 13.2 Å². The van der Waals surface area contributed by atoms with E-state index in [9.17, 15) is 18.0 Å². The average Bonchev–Trinajstić information content (AvgIpc) is 2.83. The summed E-state index contributed by atoms with van der Waals surface area (Å²) in [7, 11) is 1.82. The van der Waals surface area contributed by atoms with Crippen LogP contribution in [0.2, 0.25) is 0 Å². The van der Waals surface area contributed by atoms with Crippen molar-refractivity contribution in [1.82, 2.24) is 10.3 Å². The van der Waals surface area contributed by atoms with Gasteiger partial charge in [-0.1, -0.05) is 24.6 Å². The van der Waals surface area contributed by atoms with Gasteiger partial charge in [0, 0.05) is 18.5 Å². The predicted molar refractivity (Wildman–Crippen MR) is 127 cm³/mol. The maximum absolute atomic E-state index is 12.2. The molecule has 0 amide bonds. The summed E-state index contributed by atoms with van der Waals surface area (Å²) in [6.45, 7) is 14.6. The first kappa shape index (κ1) is 34.6. The fourth-order valence-electron chi connectivity index (χ4n) is 2.09. The molecule has 0 spiro atoms. The highest BCUT2D eigenvalue weighted by atomic mass is 32.2. The summed E-state index contributed by atoms with van der Waals surface area (Å²) in [6.07, 6.45) is -2.68. The van der Waals surface area contributed by atoms with E-state index in [1.165, 1.54) is 17.8 Å². The topological polar surface area (TPSA) is 96.4 Å². The molecule has 2 aromatic rings. The zero-order chi connectivity index (χ0) is 26.4. The van der Waals surface area contributed by atoms with Crippen molar-refractivity contribution < 1.29 is 32.7 Å². The molecule has 0 unspecified atom stereocenters. The number of hydrogen-bond donors (Lipinski definition) is 2. The van der Waals surface area contributed by atoms with Gasteiger partial charge in [0.1, 0.15) is 13.6 Å². The maximum Gasteiger partial charge on any atom is 0.417 e. The molecule has 6 nitrogen and oxygen atoms in total. The molecule has 0 aliphatic carbocycles. The zero-order valence-corrected chi connectivity index (χ0v) is 19.9. The number of halogens is 3. The lowest BCUT2D eigenvalue weighted by atomic mass is 10.0. The van der Waals surface area contributed by atoms with Gasteiger partial charge in [0.2, 0.25) is 0 Å². The number of carbonyl (C=O) groups excluding carboxylic acids is 2. The van der Waals surface area contributed by atoms with E-state index in [1.54, 1.807) is 6.07 Å². The monoisotopic (exact) mass is 488 g/mol. The smallest absolute Gasteiger partial charge is 0.417 e. The summed E-state index contributed by atoms with van der Waals surface area (Å²) in [4.78, 5) is 30.5. The Hall–Kier alpha value is -2.98. The van der Waals surface area contributed by atoms with E-state index < -0.39 is 17.7 Å². The number of nitrogens with one attached hydrogen (secondary N) is 1. The number of aromatic carboxylic acids is 1. The second-order valence-corrected chi connectivity index (χ2v) is 6.77. The Morgan fingerprint density at radius 2 is 1.70 bits per heavy atom. The van der Waals surface area contributed by atoms with E-state index in [4.69, 9.17) is 14.7 Å². The van der Waals surface area contributed by atoms with Crippen molar-refractivity contribution in [2.24, 2.45) is 0 Å². The highest BCUT2D eigenvalue weighted by molar-refractivity contribution is 7.99. The Kier molecular flexibility index (Phi) is 21.9. The van der Waals surface area contributed by atoms with Crippen molar-refractivity contribution in [2.75, 3.05) is 19.3 Å². The minimum Gasteiger partial charge on any atom is -0.478 e. The molecule has 184 valence electrons. The summed E-state index contributed by atoms with van der Waals surface area (Å²) < 4.78 is 36.5. The second-order valence-electron chi connectivity index (χ2n) is 5.65. The molecule has 0 atom stereocenters. The lowest BCUT2D eigenvalue weighted by molar-refractivity contribution is -0.137. The molecule has 1 heterocycles. The summed E-state index contributed by atoms with van der Waals surface area (Å²) in [6, 6.07) is 7.96. The highest BCUT2D eigenvalue weighted by Gasteiger charge is 2.30. The van der Waals surface area contributed by atoms with Gasteiger partial charge in [-0.15, -0.1) is 24.9 Å². The number of nitrogens with zero attached hydrogens (tertiary/aromatic N) is 1. The van der Waals surface area contributed by atoms with E-state index in [2.05, 4.69) is 23.5 Å². The predicted octanol–water partition coefficient (Wildman–Crippen LogP) is 5.10. The molecule has 33 heavy (non-hydrogen) atoms. The fourth-order valence-corrected chi connectivity index (χ4v) is 2.90. The molecule has 0 saturated heterocycles. The standard InChI is InChI=1S/C10H12O2.C9H11F3N2S.C2H4.2CH2O/c1-3-8-5-4-7(2)6-9(8)10(11)12;1-13-4-5-15-8-3-2-7(6-14-8)9(10,11)12;3*1-2/h4-6H,3H2,1-2H3,(H,11,12);2-3,6,13H,4-5H2,1H3;1-2H2;2*1H2. The number of alkyl halides is 3. The van der Waals surface area contributed by atoms with Crippen LogP contribution in [-0.4, -0.2) is 49.0 Å². The normalized spacial score (nSPS) is 9.27. The molecule has 0 aliphatic rings. The van der Waals surface area contributed by atoms with Crippen LogP contribution in [0.15, 0.2) is 54.7 Å². The fraction of sp³-hybridized carbons (Fsp3) is 0.304. The molecular weight excluding hydrogens is 457 g/mol. The first-order chi connectivity index (χ1) is 15.7. The summed E-state index contributed by atoms with van der Waals surface area (Å²) in [5, 5.41) is 12.4. The number of carboxylic acids is 1. The van der Waals surface area contributed by atoms with Gasteiger partial charge < -0.3 is 20.0 Å². The van der Waals surface area contributed by atoms with Gasteiger partial charge in [-0.05, 0) is 44.2 Å². The van der Waals surface area contributed by atoms with Crippen LogP contribution in [0, 0.1) is 6.92 Å². The highest BCUT2D eigenvalue weighted by Crippen LogP contribution is 2.29. The van der Waals surface area contributed by atoms with Gasteiger partial charge in [-0.25, -0.2) is 9.78 Å². The first-order valence-electron chi connectivity index (χ1n) is 9.40. The van der Waals surface area contributed by atoms with Crippen molar-refractivity contribution in [2.45, 2.75) is 31.5 Å². The summed E-state index contributed by atoms with van der Waals surface area (Å²) in [5.74, 6) is -0.0509. The molecule has 0 bridgehead atoms. The number of carboxylic acid groups (broad SMARTS) is 1. The van der Waals surface area contributed by atoms with Gasteiger partial charge in [-0.3, -0.25) is 0 Å². The minimum atomic E-state index is -4.30. The number of aromatic nitrogens is 1. The van der Waals surface area contributed by atoms with Crippen LogP contribution in [-0.2, 0) is 22.2 Å². The van der Waals surface area contributed by atoms with Crippen LogP contribution in [0.25, 0.3) is 0 Å². The second kappa shape index (κ2) is 20.9. The van der Waals surface area contributed by atoms with Gasteiger partial charge >= 0.3 is 12.1 Å². The molecule has 1 aromatic heterocycles. The Bertz CT molecular complexity index is 784. The molecule has 2 rings (SSSR count). The molecular formula is C23H31F3N2O4S. The molecule has 0 aliphatic heterocycles. The van der Waals surface area contributed by atoms with E-state index in [0.717, 1.165) is 42.1 Å². The van der Waals surface area contributed by atoms with Crippen molar-refractivity contribution >= 4 is 31.3 Å². The molecule has 1 aromatic carbocycles. The molecule has 10 heteroatoms. The number of benzene rings is 1. The SMILES string of the molecule is C=C.C=O.C=O.CCc1ccc(C)cc1C(=O)O.CNCCSc1ccc(C(F)(F)F)cn1. The van der Waals surface area contributed by atoms with Crippen LogP contribution in [0.3, 0.4) is 0 Å². The third kappa shape index (κ3) is 15.5. The van der Waals surface area contributed by atoms with Crippen LogP contribution >= 0.6 is 11.8 Å². The molecule has 2 N–H and O–H groups in total. The quantitative estimate of drug-likeness (QED) is 0.332. The molecule has 0 saturated carbocycles. The van der Waals surface area contributed by atoms with Crippen LogP contribution < -0.4 is 5.32 Å². The van der Waals surface area contributed by atoms with E-state index in [-0.39, 0.29) is 0 Å². The number of hydrogen-bond acceptors (Lipinski definition) is 6. The van der Waals surface area contributed by atoms with E-state index >= 15 is 0 Å². The Balaban J connectivity index is -0.000000450. The van der Waals surface area contributed by atoms with Crippen LogP contribution in [0.4, 0.5) is 13.2 Å². The number of rotatable bonds is 6. The maximum atomic E-state index is 12.2. The van der Waals surface area contributed by atoms with Crippen molar-refractivity contribution in [3.63, 3.8) is 0 Å².